The summed E-state index contributed by atoms with van der Waals surface area (Å²) in [6.45, 7) is 2.89. The fourth-order valence-corrected chi connectivity index (χ4v) is 10.8. The second-order valence-electron chi connectivity index (χ2n) is 22.6. The maximum Gasteiger partial charge on any atom is 0.220 e. The molecule has 2 aliphatic rings. The van der Waals surface area contributed by atoms with E-state index in [4.69, 9.17) is 18.9 Å². The van der Waals surface area contributed by atoms with Gasteiger partial charge in [0.25, 0.3) is 0 Å². The van der Waals surface area contributed by atoms with Gasteiger partial charge in [0.1, 0.15) is 48.8 Å². The molecule has 440 valence electrons. The predicted octanol–water partition coefficient (Wildman–Crippen LogP) is 10.9. The van der Waals surface area contributed by atoms with Gasteiger partial charge >= 0.3 is 0 Å². The highest BCUT2D eigenvalue weighted by Crippen LogP contribution is 2.30. The van der Waals surface area contributed by atoms with Crippen molar-refractivity contribution in [3.05, 3.63) is 0 Å². The lowest BCUT2D eigenvalue weighted by Crippen LogP contribution is -2.65. The van der Waals surface area contributed by atoms with Crippen molar-refractivity contribution in [1.82, 2.24) is 5.32 Å². The van der Waals surface area contributed by atoms with Gasteiger partial charge in [-0.15, -0.1) is 0 Å². The topological polar surface area (TPSA) is 228 Å². The molecule has 0 radical (unpaired) electrons. The number of hydrogen-bond donors (Lipinski definition) is 9. The van der Waals surface area contributed by atoms with Crippen molar-refractivity contribution in [3.8, 4) is 0 Å². The smallest absolute Gasteiger partial charge is 0.220 e. The number of nitrogens with one attached hydrogen (secondary N) is 1. The van der Waals surface area contributed by atoms with Crippen LogP contribution in [-0.2, 0) is 23.7 Å². The molecule has 12 unspecified atom stereocenters. The molecule has 0 spiro atoms. The number of unbranched alkanes of at least 4 members (excludes halogenated alkanes) is 38. The van der Waals surface area contributed by atoms with E-state index in [0.29, 0.717) is 12.8 Å². The Kier molecular flexibility index (Phi) is 43.8. The first-order valence-electron chi connectivity index (χ1n) is 31.3. The Morgan fingerprint density at radius 3 is 1.15 bits per heavy atom. The van der Waals surface area contributed by atoms with Crippen LogP contribution in [0.3, 0.4) is 0 Å². The highest BCUT2D eigenvalue weighted by atomic mass is 16.7. The van der Waals surface area contributed by atoms with E-state index in [1.807, 2.05) is 0 Å². The van der Waals surface area contributed by atoms with Gasteiger partial charge in [0.2, 0.25) is 5.91 Å². The number of carbonyl (C=O) groups is 1. The molecular formula is C60H117NO13. The van der Waals surface area contributed by atoms with Crippen LogP contribution >= 0.6 is 0 Å². The fourth-order valence-electron chi connectivity index (χ4n) is 10.8. The highest BCUT2D eigenvalue weighted by molar-refractivity contribution is 5.76. The van der Waals surface area contributed by atoms with Crippen molar-refractivity contribution in [2.45, 2.75) is 357 Å². The van der Waals surface area contributed by atoms with Crippen LogP contribution in [0.2, 0.25) is 0 Å². The molecule has 2 fully saturated rings. The standard InChI is InChI=1S/C60H117NO13/c1-3-5-7-9-11-13-15-17-18-19-20-21-22-23-24-25-26-27-28-29-30-32-33-35-37-39-41-43-49(64)48(61-52(65)44-42-40-38-36-34-31-16-14-12-10-8-6-4-2)47-71-59-57(70)55(68)58(51(46-63)73-59)74-60-56(69)54(67)53(66)50(45-62)72-60/h48-51,53-60,62-64,66-70H,3-47H2,1-2H3,(H,61,65). The molecule has 2 rings (SSSR count). The SMILES string of the molecule is CCCCCCCCCCCCCCCCCCCCCCCCCCCCCC(O)C(COC1OC(CO)C(OC2OC(CO)C(O)C(O)C2O)C(O)C1O)NC(=O)CCCCCCCCCCCCCCC. The Labute approximate surface area is 451 Å². The Bertz CT molecular complexity index is 1250. The Morgan fingerprint density at radius 1 is 0.432 bits per heavy atom. The van der Waals surface area contributed by atoms with Gasteiger partial charge in [-0.25, -0.2) is 0 Å². The summed E-state index contributed by atoms with van der Waals surface area (Å²) in [7, 11) is 0. The normalized spacial score (nSPS) is 25.1. The number of amides is 1. The Morgan fingerprint density at radius 2 is 0.770 bits per heavy atom. The molecule has 9 N–H and O–H groups in total. The molecule has 0 saturated carbocycles. The van der Waals surface area contributed by atoms with E-state index < -0.39 is 86.8 Å². The number of carbonyl (C=O) groups excluding carboxylic acids is 1. The summed E-state index contributed by atoms with van der Waals surface area (Å²) in [5.74, 6) is -0.202. The van der Waals surface area contributed by atoms with Crippen LogP contribution in [0, 0.1) is 0 Å². The molecule has 12 atom stereocenters. The van der Waals surface area contributed by atoms with Gasteiger partial charge < -0.3 is 65.1 Å². The third-order valence-electron chi connectivity index (χ3n) is 15.8. The van der Waals surface area contributed by atoms with Crippen LogP contribution in [0.4, 0.5) is 0 Å². The molecule has 0 aromatic carbocycles. The number of aliphatic hydroxyl groups is 8. The molecule has 0 aliphatic carbocycles. The van der Waals surface area contributed by atoms with Gasteiger partial charge in [0, 0.05) is 6.42 Å². The molecule has 2 saturated heterocycles. The lowest BCUT2D eigenvalue weighted by atomic mass is 9.97. The molecule has 1 amide bonds. The Hall–Kier alpha value is -1.01. The lowest BCUT2D eigenvalue weighted by Gasteiger charge is -2.46. The van der Waals surface area contributed by atoms with E-state index in [9.17, 15) is 45.6 Å². The maximum absolute atomic E-state index is 13.2. The molecule has 2 heterocycles. The fraction of sp³-hybridized carbons (Fsp3) is 0.983. The van der Waals surface area contributed by atoms with Gasteiger partial charge in [0.15, 0.2) is 12.6 Å². The minimum absolute atomic E-state index is 0.202. The molecule has 74 heavy (non-hydrogen) atoms. The zero-order chi connectivity index (χ0) is 53.9. The first-order chi connectivity index (χ1) is 36.1. The van der Waals surface area contributed by atoms with Crippen molar-refractivity contribution in [1.29, 1.82) is 0 Å². The summed E-state index contributed by atoms with van der Waals surface area (Å²) in [6.07, 6.45) is 35.5. The molecule has 14 nitrogen and oxygen atoms in total. The van der Waals surface area contributed by atoms with Crippen molar-refractivity contribution < 1.29 is 64.6 Å². The number of hydrogen-bond acceptors (Lipinski definition) is 13. The van der Waals surface area contributed by atoms with E-state index in [-0.39, 0.29) is 12.5 Å². The average molecular weight is 1060 g/mol. The predicted molar refractivity (Wildman–Crippen MR) is 296 cm³/mol. The molecule has 14 heteroatoms. The maximum atomic E-state index is 13.2. The second kappa shape index (κ2) is 46.9. The second-order valence-corrected chi connectivity index (χ2v) is 22.6. The van der Waals surface area contributed by atoms with Crippen LogP contribution in [0.1, 0.15) is 284 Å². The van der Waals surface area contributed by atoms with Crippen molar-refractivity contribution in [2.75, 3.05) is 19.8 Å². The van der Waals surface area contributed by atoms with E-state index in [0.717, 1.165) is 51.4 Å². The summed E-state index contributed by atoms with van der Waals surface area (Å²) in [4.78, 5) is 13.2. The van der Waals surface area contributed by atoms with Crippen LogP contribution in [-0.4, -0.2) is 140 Å². The summed E-state index contributed by atoms with van der Waals surface area (Å²) in [6, 6.07) is -0.822. The zero-order valence-electron chi connectivity index (χ0n) is 47.4. The lowest BCUT2D eigenvalue weighted by molar-refractivity contribution is -0.359. The van der Waals surface area contributed by atoms with Crippen molar-refractivity contribution >= 4 is 5.91 Å². The summed E-state index contributed by atoms with van der Waals surface area (Å²) in [5, 5.41) is 87.3. The monoisotopic (exact) mass is 1060 g/mol. The van der Waals surface area contributed by atoms with Crippen LogP contribution < -0.4 is 5.32 Å². The third-order valence-corrected chi connectivity index (χ3v) is 15.8. The molecule has 2 aliphatic heterocycles. The van der Waals surface area contributed by atoms with Gasteiger partial charge in [-0.3, -0.25) is 4.79 Å². The number of aliphatic hydroxyl groups excluding tert-OH is 8. The van der Waals surface area contributed by atoms with E-state index >= 15 is 0 Å². The molecule has 0 aromatic heterocycles. The van der Waals surface area contributed by atoms with E-state index in [1.54, 1.807) is 0 Å². The van der Waals surface area contributed by atoms with Crippen LogP contribution in [0.25, 0.3) is 0 Å². The molecule has 0 aromatic rings. The average Bonchev–Trinajstić information content (AvgIpc) is 3.40. The van der Waals surface area contributed by atoms with Gasteiger partial charge in [-0.2, -0.15) is 0 Å². The number of ether oxygens (including phenoxy) is 4. The first-order valence-corrected chi connectivity index (χ1v) is 31.3. The van der Waals surface area contributed by atoms with Gasteiger partial charge in [-0.1, -0.05) is 264 Å². The van der Waals surface area contributed by atoms with Crippen LogP contribution in [0.5, 0.6) is 0 Å². The first kappa shape index (κ1) is 69.1. The van der Waals surface area contributed by atoms with Crippen molar-refractivity contribution in [2.24, 2.45) is 0 Å². The van der Waals surface area contributed by atoms with Gasteiger partial charge in [-0.05, 0) is 12.8 Å². The minimum Gasteiger partial charge on any atom is -0.394 e. The molecular weight excluding hydrogens is 943 g/mol. The number of rotatable bonds is 51. The van der Waals surface area contributed by atoms with Gasteiger partial charge in [0.05, 0.1) is 32.0 Å². The van der Waals surface area contributed by atoms with E-state index in [1.165, 1.54) is 205 Å². The van der Waals surface area contributed by atoms with E-state index in [2.05, 4.69) is 19.2 Å². The summed E-state index contributed by atoms with van der Waals surface area (Å²) in [5.41, 5.74) is 0. The quantitative estimate of drug-likeness (QED) is 0.0259. The minimum atomic E-state index is -1.78. The third kappa shape index (κ3) is 32.2. The zero-order valence-corrected chi connectivity index (χ0v) is 47.4. The largest absolute Gasteiger partial charge is 0.394 e. The summed E-state index contributed by atoms with van der Waals surface area (Å²) >= 11 is 0. The highest BCUT2D eigenvalue weighted by Gasteiger charge is 2.51. The molecule has 0 bridgehead atoms. The van der Waals surface area contributed by atoms with Crippen molar-refractivity contribution in [3.63, 3.8) is 0 Å². The summed E-state index contributed by atoms with van der Waals surface area (Å²) < 4.78 is 22.8. The van der Waals surface area contributed by atoms with Crippen LogP contribution in [0.15, 0.2) is 0 Å². The Balaban J connectivity index is 1.68.